The fraction of sp³-hybridized carbons (Fsp3) is 0.290. The molecule has 45 heavy (non-hydrogen) atoms. The Balaban J connectivity index is 1.55. The van der Waals surface area contributed by atoms with Crippen molar-refractivity contribution in [2.45, 2.75) is 56.3 Å². The zero-order valence-corrected chi connectivity index (χ0v) is 24.2. The Labute approximate surface area is 257 Å². The summed E-state index contributed by atoms with van der Waals surface area (Å²) in [4.78, 5) is 73.4. The molecule has 0 radical (unpaired) electrons. The number of nitrogens with one attached hydrogen (secondary N) is 5. The van der Waals surface area contributed by atoms with Crippen molar-refractivity contribution in [3.63, 3.8) is 0 Å². The van der Waals surface area contributed by atoms with E-state index >= 15 is 0 Å². The highest BCUT2D eigenvalue weighted by atomic mass is 16.4. The lowest BCUT2D eigenvalue weighted by Crippen LogP contribution is -2.58. The number of imidazole rings is 1. The summed E-state index contributed by atoms with van der Waals surface area (Å²) < 4.78 is 0. The zero-order valence-electron chi connectivity index (χ0n) is 24.2. The average Bonchev–Trinajstić information content (AvgIpc) is 3.68. The molecule has 0 aliphatic heterocycles. The lowest BCUT2D eigenvalue weighted by Gasteiger charge is -2.25. The molecule has 2 aromatic heterocycles. The number of nitrogens with zero attached hydrogens (tertiary/aromatic N) is 1. The van der Waals surface area contributed by atoms with Crippen molar-refractivity contribution in [2.75, 3.05) is 0 Å². The number of carbonyl (C=O) groups excluding carboxylic acids is 3. The highest BCUT2D eigenvalue weighted by Crippen LogP contribution is 2.19. The Morgan fingerprint density at radius 3 is 2.13 bits per heavy atom. The first-order valence-corrected chi connectivity index (χ1v) is 14.3. The lowest BCUT2D eigenvalue weighted by molar-refractivity contribution is -0.142. The largest absolute Gasteiger partial charge is 0.481 e. The van der Waals surface area contributed by atoms with Crippen LogP contribution in [0.2, 0.25) is 0 Å². The monoisotopic (exact) mass is 617 g/mol. The Morgan fingerprint density at radius 2 is 1.44 bits per heavy atom. The summed E-state index contributed by atoms with van der Waals surface area (Å²) in [7, 11) is 0. The molecule has 0 saturated heterocycles. The first-order valence-electron chi connectivity index (χ1n) is 14.3. The number of carbonyl (C=O) groups is 5. The fourth-order valence-corrected chi connectivity index (χ4v) is 4.87. The van der Waals surface area contributed by atoms with Crippen molar-refractivity contribution in [1.29, 1.82) is 0 Å². The Kier molecular flexibility index (Phi) is 11.0. The molecule has 4 aromatic rings. The van der Waals surface area contributed by atoms with Crippen LogP contribution >= 0.6 is 0 Å². The number of benzene rings is 2. The third kappa shape index (κ3) is 9.24. The quantitative estimate of drug-likeness (QED) is 0.0880. The van der Waals surface area contributed by atoms with E-state index in [4.69, 9.17) is 5.73 Å². The summed E-state index contributed by atoms with van der Waals surface area (Å²) in [6.45, 7) is 0. The van der Waals surface area contributed by atoms with Gasteiger partial charge in [0.15, 0.2) is 0 Å². The number of H-pyrrole nitrogens is 2. The van der Waals surface area contributed by atoms with Gasteiger partial charge < -0.3 is 41.9 Å². The second-order valence-corrected chi connectivity index (χ2v) is 10.6. The molecule has 14 nitrogen and oxygen atoms in total. The molecule has 0 fully saturated rings. The van der Waals surface area contributed by atoms with Gasteiger partial charge in [-0.05, 0) is 23.6 Å². The molecule has 2 aromatic carbocycles. The Bertz CT molecular complexity index is 1620. The van der Waals surface area contributed by atoms with Gasteiger partial charge in [-0.1, -0.05) is 48.5 Å². The van der Waals surface area contributed by atoms with E-state index in [0.717, 1.165) is 10.9 Å². The van der Waals surface area contributed by atoms with Crippen molar-refractivity contribution in [3.05, 3.63) is 90.1 Å². The van der Waals surface area contributed by atoms with E-state index in [2.05, 4.69) is 30.9 Å². The average molecular weight is 618 g/mol. The Hall–Kier alpha value is -5.50. The molecule has 2 heterocycles. The van der Waals surface area contributed by atoms with Crippen LogP contribution in [0.1, 0.15) is 29.7 Å². The molecule has 0 aliphatic rings. The number of fused-ring (bicyclic) bond motifs is 1. The van der Waals surface area contributed by atoms with Gasteiger partial charge in [-0.2, -0.15) is 0 Å². The van der Waals surface area contributed by atoms with Gasteiger partial charge in [0.25, 0.3) is 0 Å². The van der Waals surface area contributed by atoms with Crippen LogP contribution in [0.4, 0.5) is 0 Å². The van der Waals surface area contributed by atoms with E-state index in [1.807, 2.05) is 24.3 Å². The SMILES string of the molecule is NC(Cc1cnc[nH]1)C(=O)NC(CCC(=O)O)C(=O)NC(Cc1c[nH]c2ccccc12)C(=O)NC(Cc1ccccc1)C(=O)O. The topological polar surface area (TPSA) is 232 Å². The van der Waals surface area contributed by atoms with E-state index in [1.165, 1.54) is 12.5 Å². The van der Waals surface area contributed by atoms with Gasteiger partial charge >= 0.3 is 11.9 Å². The fourth-order valence-electron chi connectivity index (χ4n) is 4.87. The van der Waals surface area contributed by atoms with E-state index in [0.29, 0.717) is 16.8 Å². The summed E-state index contributed by atoms with van der Waals surface area (Å²) in [5.74, 6) is -4.75. The number of aromatic nitrogens is 3. The molecular weight excluding hydrogens is 582 g/mol. The van der Waals surface area contributed by atoms with Crippen molar-refractivity contribution in [1.82, 2.24) is 30.9 Å². The molecule has 236 valence electrons. The summed E-state index contributed by atoms with van der Waals surface area (Å²) in [6.07, 6.45) is 3.94. The maximum Gasteiger partial charge on any atom is 0.326 e. The minimum atomic E-state index is -1.35. The van der Waals surface area contributed by atoms with E-state index in [9.17, 15) is 34.2 Å². The first kappa shape index (κ1) is 32.4. The van der Waals surface area contributed by atoms with Crippen LogP contribution in [-0.4, -0.2) is 79.0 Å². The van der Waals surface area contributed by atoms with E-state index in [-0.39, 0.29) is 25.7 Å². The predicted octanol–water partition coefficient (Wildman–Crippen LogP) is 0.650. The minimum absolute atomic E-state index is 0.00117. The number of hydrogen-bond donors (Lipinski definition) is 8. The molecule has 4 rings (SSSR count). The minimum Gasteiger partial charge on any atom is -0.481 e. The number of rotatable bonds is 16. The highest BCUT2D eigenvalue weighted by Gasteiger charge is 2.31. The maximum absolute atomic E-state index is 13.6. The normalized spacial score (nSPS) is 13.7. The van der Waals surface area contributed by atoms with Crippen LogP contribution in [0.3, 0.4) is 0 Å². The number of carboxylic acids is 2. The van der Waals surface area contributed by atoms with Crippen LogP contribution in [0.5, 0.6) is 0 Å². The molecule has 9 N–H and O–H groups in total. The summed E-state index contributed by atoms with van der Waals surface area (Å²) >= 11 is 0. The molecular formula is C31H35N7O7. The van der Waals surface area contributed by atoms with Crippen molar-refractivity contribution in [2.24, 2.45) is 5.73 Å². The van der Waals surface area contributed by atoms with Gasteiger partial charge in [-0.25, -0.2) is 9.78 Å². The van der Waals surface area contributed by atoms with Crippen LogP contribution in [0.25, 0.3) is 10.9 Å². The second-order valence-electron chi connectivity index (χ2n) is 10.6. The number of nitrogens with two attached hydrogens (primary N) is 1. The number of aliphatic carboxylic acids is 2. The molecule has 0 aliphatic carbocycles. The van der Waals surface area contributed by atoms with Crippen LogP contribution in [-0.2, 0) is 43.2 Å². The van der Waals surface area contributed by atoms with Crippen LogP contribution < -0.4 is 21.7 Å². The molecule has 0 saturated carbocycles. The van der Waals surface area contributed by atoms with Crippen LogP contribution in [0.15, 0.2) is 73.3 Å². The second kappa shape index (κ2) is 15.3. The lowest BCUT2D eigenvalue weighted by atomic mass is 10.0. The molecule has 0 spiro atoms. The van der Waals surface area contributed by atoms with Crippen molar-refractivity contribution < 1.29 is 34.2 Å². The summed E-state index contributed by atoms with van der Waals surface area (Å²) in [6, 6.07) is 11.1. The van der Waals surface area contributed by atoms with E-state index < -0.39 is 60.2 Å². The van der Waals surface area contributed by atoms with Gasteiger partial charge in [-0.3, -0.25) is 19.2 Å². The number of para-hydroxylation sites is 1. The van der Waals surface area contributed by atoms with Gasteiger partial charge in [0.2, 0.25) is 17.7 Å². The molecule has 3 amide bonds. The molecule has 4 unspecified atom stereocenters. The number of hydrogen-bond acceptors (Lipinski definition) is 7. The molecule has 14 heteroatoms. The number of carboxylic acid groups (broad SMARTS) is 2. The number of aromatic amines is 2. The Morgan fingerprint density at radius 1 is 0.778 bits per heavy atom. The van der Waals surface area contributed by atoms with Gasteiger partial charge in [-0.15, -0.1) is 0 Å². The van der Waals surface area contributed by atoms with Crippen LogP contribution in [0, 0.1) is 0 Å². The highest BCUT2D eigenvalue weighted by molar-refractivity contribution is 5.95. The van der Waals surface area contributed by atoms with Gasteiger partial charge in [0.05, 0.1) is 12.4 Å². The standard InChI is InChI=1S/C31H35N7O7/c32-22(14-20-16-33-17-35-20)28(41)36-24(10-11-27(39)40)29(42)37-25(13-19-15-34-23-9-5-4-8-21(19)23)30(43)38-26(31(44)45)12-18-6-2-1-3-7-18/h1-9,15-17,22,24-26,34H,10-14,32H2,(H,33,35)(H,36,41)(H,37,42)(H,38,43)(H,39,40)(H,44,45). The van der Waals surface area contributed by atoms with Gasteiger partial charge in [0.1, 0.15) is 18.1 Å². The molecule has 4 atom stereocenters. The summed E-state index contributed by atoms with van der Waals surface area (Å²) in [5.41, 5.74) is 8.76. The molecule has 0 bridgehead atoms. The maximum atomic E-state index is 13.6. The first-order chi connectivity index (χ1) is 21.6. The summed E-state index contributed by atoms with van der Waals surface area (Å²) in [5, 5.41) is 27.6. The number of amides is 3. The zero-order chi connectivity index (χ0) is 32.3. The smallest absolute Gasteiger partial charge is 0.326 e. The van der Waals surface area contributed by atoms with Crippen molar-refractivity contribution in [3.8, 4) is 0 Å². The third-order valence-electron chi connectivity index (χ3n) is 7.24. The van der Waals surface area contributed by atoms with E-state index in [1.54, 1.807) is 36.5 Å². The predicted molar refractivity (Wildman–Crippen MR) is 163 cm³/mol. The van der Waals surface area contributed by atoms with Gasteiger partial charge in [0, 0.05) is 54.7 Å². The van der Waals surface area contributed by atoms with Crippen molar-refractivity contribution >= 4 is 40.6 Å². The third-order valence-corrected chi connectivity index (χ3v) is 7.24.